The number of aromatic nitrogens is 1. The Morgan fingerprint density at radius 1 is 0.975 bits per heavy atom. The highest BCUT2D eigenvalue weighted by Gasteiger charge is 2.36. The van der Waals surface area contributed by atoms with Gasteiger partial charge in [0.2, 0.25) is 5.91 Å². The van der Waals surface area contributed by atoms with Crippen LogP contribution in [0.1, 0.15) is 0 Å². The van der Waals surface area contributed by atoms with Crippen LogP contribution in [0.15, 0.2) is 117 Å². The summed E-state index contributed by atoms with van der Waals surface area (Å²) in [6.45, 7) is 0. The van der Waals surface area contributed by atoms with Gasteiger partial charge in [-0.15, -0.1) is 34.9 Å². The van der Waals surface area contributed by atoms with E-state index in [9.17, 15) is 9.59 Å². The van der Waals surface area contributed by atoms with E-state index in [1.807, 2.05) is 89.2 Å². The molecule has 3 amide bonds. The highest BCUT2D eigenvalue weighted by Crippen LogP contribution is 2.43. The minimum atomic E-state index is -0.187. The normalized spacial score (nSPS) is 17.2. The first-order chi connectivity index (χ1) is 19.5. The number of para-hydroxylation sites is 1. The SMILES string of the molecule is O=C(CSc1cccc(NC(=O)N2c3ccccc3SC3C=CC=CC32)c1)Nc1nc(-c2ccc(Br)cc2)cs1. The molecule has 2 atom stereocenters. The fourth-order valence-corrected chi connectivity index (χ4v) is 7.47. The van der Waals surface area contributed by atoms with Gasteiger partial charge in [-0.2, -0.15) is 0 Å². The van der Waals surface area contributed by atoms with Crippen LogP contribution in [0.5, 0.6) is 0 Å². The molecule has 200 valence electrons. The molecule has 2 unspecified atom stereocenters. The van der Waals surface area contributed by atoms with Gasteiger partial charge in [0.15, 0.2) is 5.13 Å². The lowest BCUT2D eigenvalue weighted by atomic mass is 10.1. The Kier molecular flexibility index (Phi) is 8.10. The minimum Gasteiger partial charge on any atom is -0.307 e. The molecule has 0 spiro atoms. The molecule has 2 heterocycles. The summed E-state index contributed by atoms with van der Waals surface area (Å²) in [5.74, 6) is 0.0871. The molecule has 3 aromatic carbocycles. The van der Waals surface area contributed by atoms with Crippen molar-refractivity contribution in [3.8, 4) is 11.3 Å². The summed E-state index contributed by atoms with van der Waals surface area (Å²) in [6.07, 6.45) is 8.24. The molecule has 0 fully saturated rings. The largest absolute Gasteiger partial charge is 0.326 e. The number of fused-ring (bicyclic) bond motifs is 2. The Morgan fingerprint density at radius 2 is 1.80 bits per heavy atom. The molecular weight excluding hydrogens is 624 g/mol. The van der Waals surface area contributed by atoms with Crippen molar-refractivity contribution < 1.29 is 9.59 Å². The number of rotatable bonds is 6. The van der Waals surface area contributed by atoms with Crippen LogP contribution < -0.4 is 15.5 Å². The standard InChI is InChI=1S/C30H23BrN4O2S3/c31-20-14-12-19(13-15-20)23-17-39-29(33-23)34-28(36)18-38-22-7-5-6-21(16-22)32-30(37)35-24-8-1-3-10-26(24)40-27-11-4-2-9-25(27)35/h1-17,24,26H,18H2,(H,32,37)(H,33,34,36). The summed E-state index contributed by atoms with van der Waals surface area (Å²) in [5, 5.41) is 8.61. The number of anilines is 3. The maximum Gasteiger partial charge on any atom is 0.326 e. The van der Waals surface area contributed by atoms with Crippen molar-refractivity contribution in [1.29, 1.82) is 0 Å². The predicted octanol–water partition coefficient (Wildman–Crippen LogP) is 8.31. The van der Waals surface area contributed by atoms with Crippen molar-refractivity contribution in [3.63, 3.8) is 0 Å². The second kappa shape index (κ2) is 12.1. The van der Waals surface area contributed by atoms with Gasteiger partial charge in [-0.25, -0.2) is 9.78 Å². The minimum absolute atomic E-state index is 0.0682. The summed E-state index contributed by atoms with van der Waals surface area (Å²) < 4.78 is 1.00. The topological polar surface area (TPSA) is 74.3 Å². The van der Waals surface area contributed by atoms with Crippen LogP contribution in [-0.2, 0) is 4.79 Å². The molecular formula is C30H23BrN4O2S3. The molecule has 2 aliphatic rings. The van der Waals surface area contributed by atoms with Crippen LogP contribution >= 0.6 is 50.8 Å². The number of thiazole rings is 1. The number of urea groups is 1. The molecule has 0 saturated carbocycles. The highest BCUT2D eigenvalue weighted by atomic mass is 79.9. The Morgan fingerprint density at radius 3 is 2.67 bits per heavy atom. The van der Waals surface area contributed by atoms with E-state index in [1.165, 1.54) is 23.1 Å². The van der Waals surface area contributed by atoms with Crippen LogP contribution in [0.4, 0.5) is 21.3 Å². The molecule has 6 nitrogen and oxygen atoms in total. The number of nitrogens with one attached hydrogen (secondary N) is 2. The molecule has 1 aromatic heterocycles. The number of allylic oxidation sites excluding steroid dienone is 2. The van der Waals surface area contributed by atoms with Crippen molar-refractivity contribution in [2.75, 3.05) is 21.3 Å². The van der Waals surface area contributed by atoms with Gasteiger partial charge in [0.1, 0.15) is 0 Å². The molecule has 10 heteroatoms. The predicted molar refractivity (Wildman–Crippen MR) is 171 cm³/mol. The van der Waals surface area contributed by atoms with Crippen molar-refractivity contribution in [1.82, 2.24) is 4.98 Å². The van der Waals surface area contributed by atoms with Gasteiger partial charge in [0.05, 0.1) is 28.4 Å². The zero-order valence-corrected chi connectivity index (χ0v) is 25.0. The second-order valence-corrected chi connectivity index (χ2v) is 13.1. The van der Waals surface area contributed by atoms with Gasteiger partial charge < -0.3 is 10.6 Å². The maximum absolute atomic E-state index is 13.6. The van der Waals surface area contributed by atoms with Crippen LogP contribution in [0.3, 0.4) is 0 Å². The zero-order chi connectivity index (χ0) is 27.5. The third kappa shape index (κ3) is 6.05. The smallest absolute Gasteiger partial charge is 0.307 e. The third-order valence-electron chi connectivity index (χ3n) is 6.31. The second-order valence-electron chi connectivity index (χ2n) is 9.02. The summed E-state index contributed by atoms with van der Waals surface area (Å²) in [7, 11) is 0. The number of benzene rings is 3. The van der Waals surface area contributed by atoms with Gasteiger partial charge in [-0.3, -0.25) is 9.69 Å². The summed E-state index contributed by atoms with van der Waals surface area (Å²) in [5.41, 5.74) is 3.40. The molecule has 6 rings (SSSR count). The summed E-state index contributed by atoms with van der Waals surface area (Å²) in [6, 6.07) is 23.2. The lowest BCUT2D eigenvalue weighted by Gasteiger charge is -2.40. The van der Waals surface area contributed by atoms with E-state index in [4.69, 9.17) is 0 Å². The molecule has 1 aliphatic carbocycles. The molecule has 1 aliphatic heterocycles. The lowest BCUT2D eigenvalue weighted by Crippen LogP contribution is -2.49. The van der Waals surface area contributed by atoms with Gasteiger partial charge >= 0.3 is 6.03 Å². The third-order valence-corrected chi connectivity index (χ3v) is 9.89. The first kappa shape index (κ1) is 26.9. The highest BCUT2D eigenvalue weighted by molar-refractivity contribution is 9.10. The molecule has 0 saturated heterocycles. The van der Waals surface area contributed by atoms with Crippen molar-refractivity contribution in [2.45, 2.75) is 21.1 Å². The lowest BCUT2D eigenvalue weighted by molar-refractivity contribution is -0.113. The Bertz CT molecular complexity index is 1620. The molecule has 0 radical (unpaired) electrons. The monoisotopic (exact) mass is 646 g/mol. The van der Waals surface area contributed by atoms with E-state index in [1.54, 1.807) is 11.8 Å². The zero-order valence-electron chi connectivity index (χ0n) is 21.0. The summed E-state index contributed by atoms with van der Waals surface area (Å²) >= 11 is 8.02. The Hall–Kier alpha value is -3.31. The fourth-order valence-electron chi connectivity index (χ4n) is 4.46. The average Bonchev–Trinajstić information content (AvgIpc) is 3.43. The molecule has 4 aromatic rings. The first-order valence-electron chi connectivity index (χ1n) is 12.5. The van der Waals surface area contributed by atoms with Gasteiger partial charge in [0.25, 0.3) is 0 Å². The van der Waals surface area contributed by atoms with E-state index in [0.29, 0.717) is 10.8 Å². The first-order valence-corrected chi connectivity index (χ1v) is 16.0. The van der Waals surface area contributed by atoms with E-state index >= 15 is 0 Å². The van der Waals surface area contributed by atoms with Crippen LogP contribution in [0, 0.1) is 0 Å². The number of hydrogen-bond acceptors (Lipinski definition) is 6. The van der Waals surface area contributed by atoms with Gasteiger partial charge in [-0.1, -0.05) is 70.6 Å². The van der Waals surface area contributed by atoms with E-state index in [2.05, 4.69) is 49.8 Å². The van der Waals surface area contributed by atoms with Crippen molar-refractivity contribution in [3.05, 3.63) is 107 Å². The number of thioether (sulfide) groups is 2. The number of carbonyl (C=O) groups excluding carboxylic acids is 2. The quantitative estimate of drug-likeness (QED) is 0.206. The number of carbonyl (C=O) groups is 2. The number of amides is 3. The number of nitrogens with zero attached hydrogens (tertiary/aromatic N) is 2. The Balaban J connectivity index is 1.08. The van der Waals surface area contributed by atoms with Gasteiger partial charge in [0, 0.05) is 30.9 Å². The van der Waals surface area contributed by atoms with Crippen LogP contribution in [0.25, 0.3) is 11.3 Å². The van der Waals surface area contributed by atoms with Crippen LogP contribution in [0.2, 0.25) is 0 Å². The van der Waals surface area contributed by atoms with Crippen molar-refractivity contribution in [2.24, 2.45) is 0 Å². The van der Waals surface area contributed by atoms with E-state index < -0.39 is 0 Å². The van der Waals surface area contributed by atoms with E-state index in [0.717, 1.165) is 31.2 Å². The number of hydrogen-bond donors (Lipinski definition) is 2. The molecule has 0 bridgehead atoms. The van der Waals surface area contributed by atoms with Gasteiger partial charge in [-0.05, 0) is 42.5 Å². The number of halogens is 1. The fraction of sp³-hybridized carbons (Fsp3) is 0.100. The Labute approximate surface area is 253 Å². The summed E-state index contributed by atoms with van der Waals surface area (Å²) in [4.78, 5) is 34.5. The average molecular weight is 648 g/mol. The van der Waals surface area contributed by atoms with Crippen molar-refractivity contribution >= 4 is 79.2 Å². The maximum atomic E-state index is 13.6. The molecule has 2 N–H and O–H groups in total. The van der Waals surface area contributed by atoms with E-state index in [-0.39, 0.29) is 29.0 Å². The van der Waals surface area contributed by atoms with Crippen LogP contribution in [-0.4, -0.2) is 34.0 Å². The molecule has 40 heavy (non-hydrogen) atoms.